The maximum absolute atomic E-state index is 10.4. The molecule has 0 aliphatic carbocycles. The molecule has 0 radical (unpaired) electrons. The number of hydrogen-bond donors (Lipinski definition) is 1. The van der Waals surface area contributed by atoms with Crippen LogP contribution in [0.15, 0.2) is 24.3 Å². The largest absolute Gasteiger partial charge is 0.313 e. The molecule has 2 rings (SSSR count). The van der Waals surface area contributed by atoms with Crippen LogP contribution in [0, 0.1) is 41.5 Å². The Balaban J connectivity index is 2.19. The van der Waals surface area contributed by atoms with Gasteiger partial charge in [-0.05, 0) is 74.9 Å². The van der Waals surface area contributed by atoms with Gasteiger partial charge in [0.05, 0.1) is 0 Å². The van der Waals surface area contributed by atoms with E-state index in [9.17, 15) is 5.21 Å². The van der Waals surface area contributed by atoms with Crippen molar-refractivity contribution in [3.63, 3.8) is 0 Å². The van der Waals surface area contributed by atoms with E-state index in [1.54, 1.807) is 0 Å². The first kappa shape index (κ1) is 16.7. The van der Waals surface area contributed by atoms with Crippen molar-refractivity contribution in [1.82, 2.24) is 5.06 Å². The first-order valence-electron chi connectivity index (χ1n) is 7.85. The fourth-order valence-corrected chi connectivity index (χ4v) is 3.34. The predicted molar refractivity (Wildman–Crippen MR) is 92.3 cm³/mol. The summed E-state index contributed by atoms with van der Waals surface area (Å²) in [6.07, 6.45) is 0. The standard InChI is InChI=1S/C20H27NO/c1-13-7-15(3)19(16(4)8-13)11-21(22)12-20-17(5)9-14(2)10-18(20)6/h7-10,22H,11-12H2,1-6H3. The number of aryl methyl sites for hydroxylation is 6. The molecular weight excluding hydrogens is 270 g/mol. The second-order valence-corrected chi connectivity index (χ2v) is 6.58. The Morgan fingerprint density at radius 3 is 1.18 bits per heavy atom. The highest BCUT2D eigenvalue weighted by atomic mass is 16.5. The molecule has 1 N–H and O–H groups in total. The Morgan fingerprint density at radius 1 is 0.636 bits per heavy atom. The highest BCUT2D eigenvalue weighted by Gasteiger charge is 2.12. The summed E-state index contributed by atoms with van der Waals surface area (Å²) in [7, 11) is 0. The monoisotopic (exact) mass is 297 g/mol. The third-order valence-electron chi connectivity index (χ3n) is 4.36. The lowest BCUT2D eigenvalue weighted by Gasteiger charge is -2.21. The van der Waals surface area contributed by atoms with E-state index < -0.39 is 0 Å². The normalized spacial score (nSPS) is 11.3. The lowest BCUT2D eigenvalue weighted by molar-refractivity contribution is -0.108. The van der Waals surface area contributed by atoms with Gasteiger partial charge < -0.3 is 5.21 Å². The third-order valence-corrected chi connectivity index (χ3v) is 4.36. The minimum atomic E-state index is 0.560. The molecule has 0 spiro atoms. The summed E-state index contributed by atoms with van der Waals surface area (Å²) in [6, 6.07) is 8.72. The van der Waals surface area contributed by atoms with E-state index in [0.29, 0.717) is 13.1 Å². The van der Waals surface area contributed by atoms with E-state index in [1.165, 1.54) is 49.6 Å². The summed E-state index contributed by atoms with van der Waals surface area (Å²) in [5.74, 6) is 0. The second-order valence-electron chi connectivity index (χ2n) is 6.58. The van der Waals surface area contributed by atoms with Crippen LogP contribution in [0.1, 0.15) is 44.5 Å². The van der Waals surface area contributed by atoms with Gasteiger partial charge in [-0.2, -0.15) is 5.06 Å². The maximum atomic E-state index is 10.4. The van der Waals surface area contributed by atoms with Crippen LogP contribution in [0.4, 0.5) is 0 Å². The zero-order valence-electron chi connectivity index (χ0n) is 14.6. The van der Waals surface area contributed by atoms with E-state index in [0.717, 1.165) is 0 Å². The third kappa shape index (κ3) is 3.76. The van der Waals surface area contributed by atoms with Crippen molar-refractivity contribution in [2.24, 2.45) is 0 Å². The van der Waals surface area contributed by atoms with Crippen LogP contribution in [0.5, 0.6) is 0 Å². The average Bonchev–Trinajstić information content (AvgIpc) is 2.38. The van der Waals surface area contributed by atoms with Crippen LogP contribution in [0.25, 0.3) is 0 Å². The fraction of sp³-hybridized carbons (Fsp3) is 0.400. The van der Waals surface area contributed by atoms with E-state index in [-0.39, 0.29) is 0 Å². The molecule has 0 saturated heterocycles. The fourth-order valence-electron chi connectivity index (χ4n) is 3.34. The van der Waals surface area contributed by atoms with Crippen LogP contribution < -0.4 is 0 Å². The summed E-state index contributed by atoms with van der Waals surface area (Å²) in [4.78, 5) is 0. The highest BCUT2D eigenvalue weighted by Crippen LogP contribution is 2.21. The van der Waals surface area contributed by atoms with Gasteiger partial charge in [0.15, 0.2) is 0 Å². The first-order chi connectivity index (χ1) is 10.3. The molecule has 2 nitrogen and oxygen atoms in total. The van der Waals surface area contributed by atoms with Gasteiger partial charge in [0, 0.05) is 13.1 Å². The molecule has 0 atom stereocenters. The zero-order valence-corrected chi connectivity index (χ0v) is 14.6. The summed E-state index contributed by atoms with van der Waals surface area (Å²) in [5, 5.41) is 11.9. The molecule has 118 valence electrons. The van der Waals surface area contributed by atoms with Gasteiger partial charge in [-0.3, -0.25) is 0 Å². The van der Waals surface area contributed by atoms with Crippen LogP contribution in [-0.2, 0) is 13.1 Å². The number of nitrogens with zero attached hydrogens (tertiary/aromatic N) is 1. The van der Waals surface area contributed by atoms with Gasteiger partial charge in [-0.15, -0.1) is 0 Å². The number of rotatable bonds is 4. The Kier molecular flexibility index (Phi) is 5.05. The minimum Gasteiger partial charge on any atom is -0.313 e. The Labute approximate surface area is 134 Å². The SMILES string of the molecule is Cc1cc(C)c(CN(O)Cc2c(C)cc(C)cc2C)c(C)c1. The van der Waals surface area contributed by atoms with Crippen LogP contribution in [0.2, 0.25) is 0 Å². The molecule has 0 unspecified atom stereocenters. The van der Waals surface area contributed by atoms with Crippen molar-refractivity contribution < 1.29 is 5.21 Å². The molecule has 0 fully saturated rings. The van der Waals surface area contributed by atoms with E-state index in [4.69, 9.17) is 0 Å². The summed E-state index contributed by atoms with van der Waals surface area (Å²) in [5.41, 5.74) is 9.96. The molecule has 0 aliphatic rings. The summed E-state index contributed by atoms with van der Waals surface area (Å²) >= 11 is 0. The number of hydroxylamine groups is 2. The van der Waals surface area contributed by atoms with Crippen molar-refractivity contribution >= 4 is 0 Å². The quantitative estimate of drug-likeness (QED) is 0.809. The molecule has 22 heavy (non-hydrogen) atoms. The summed E-state index contributed by atoms with van der Waals surface area (Å²) < 4.78 is 0. The highest BCUT2D eigenvalue weighted by molar-refractivity contribution is 5.39. The lowest BCUT2D eigenvalue weighted by Crippen LogP contribution is -2.20. The lowest BCUT2D eigenvalue weighted by atomic mass is 9.98. The zero-order chi connectivity index (χ0) is 16.4. The van der Waals surface area contributed by atoms with Gasteiger partial charge in [-0.25, -0.2) is 0 Å². The van der Waals surface area contributed by atoms with Crippen molar-refractivity contribution in [2.45, 2.75) is 54.6 Å². The Bertz CT molecular complexity index is 583. The average molecular weight is 297 g/mol. The second kappa shape index (κ2) is 6.64. The topological polar surface area (TPSA) is 23.5 Å². The maximum Gasteiger partial charge on any atom is 0.0497 e. The van der Waals surface area contributed by atoms with Crippen LogP contribution >= 0.6 is 0 Å². The molecule has 0 bridgehead atoms. The van der Waals surface area contributed by atoms with Gasteiger partial charge >= 0.3 is 0 Å². The van der Waals surface area contributed by atoms with Gasteiger partial charge in [0.2, 0.25) is 0 Å². The molecule has 2 heteroatoms. The molecule has 0 aliphatic heterocycles. The van der Waals surface area contributed by atoms with Crippen molar-refractivity contribution in [2.75, 3.05) is 0 Å². The molecule has 0 heterocycles. The van der Waals surface area contributed by atoms with Crippen LogP contribution in [0.3, 0.4) is 0 Å². The van der Waals surface area contributed by atoms with E-state index in [2.05, 4.69) is 65.8 Å². The van der Waals surface area contributed by atoms with E-state index in [1.807, 2.05) is 0 Å². The predicted octanol–water partition coefficient (Wildman–Crippen LogP) is 4.93. The smallest absolute Gasteiger partial charge is 0.0497 e. The Morgan fingerprint density at radius 2 is 0.909 bits per heavy atom. The van der Waals surface area contributed by atoms with Crippen molar-refractivity contribution in [3.05, 3.63) is 68.8 Å². The van der Waals surface area contributed by atoms with Crippen LogP contribution in [-0.4, -0.2) is 10.3 Å². The molecule has 0 saturated carbocycles. The number of benzene rings is 2. The van der Waals surface area contributed by atoms with Gasteiger partial charge in [0.1, 0.15) is 0 Å². The van der Waals surface area contributed by atoms with E-state index >= 15 is 0 Å². The molecule has 2 aromatic rings. The van der Waals surface area contributed by atoms with Gasteiger partial charge in [-0.1, -0.05) is 35.4 Å². The molecular formula is C20H27NO. The first-order valence-corrected chi connectivity index (χ1v) is 7.85. The minimum absolute atomic E-state index is 0.560. The molecule has 0 amide bonds. The van der Waals surface area contributed by atoms with Gasteiger partial charge in [0.25, 0.3) is 0 Å². The summed E-state index contributed by atoms with van der Waals surface area (Å²) in [6.45, 7) is 13.8. The molecule has 2 aromatic carbocycles. The van der Waals surface area contributed by atoms with Crippen molar-refractivity contribution in [1.29, 1.82) is 0 Å². The number of hydrogen-bond acceptors (Lipinski definition) is 2. The van der Waals surface area contributed by atoms with Crippen molar-refractivity contribution in [3.8, 4) is 0 Å². The molecule has 0 aromatic heterocycles. The Hall–Kier alpha value is -1.64.